The van der Waals surface area contributed by atoms with Gasteiger partial charge in [0.05, 0.1) is 0 Å². The van der Waals surface area contributed by atoms with Crippen LogP contribution < -0.4 is 10.1 Å². The first-order chi connectivity index (χ1) is 10.7. The smallest absolute Gasteiger partial charge is 0.404 e. The number of benzene rings is 1. The minimum absolute atomic E-state index is 0.138. The maximum atomic E-state index is 12.7. The van der Waals surface area contributed by atoms with Gasteiger partial charge in [-0.25, -0.2) is 8.42 Å². The van der Waals surface area contributed by atoms with Gasteiger partial charge in [0, 0.05) is 13.1 Å². The Hall–Kier alpha value is -1.32. The molecule has 0 saturated carbocycles. The Kier molecular flexibility index (Phi) is 5.53. The fourth-order valence-electron chi connectivity index (χ4n) is 2.71. The highest BCUT2D eigenvalue weighted by Crippen LogP contribution is 2.32. The van der Waals surface area contributed by atoms with Crippen molar-refractivity contribution in [3.05, 3.63) is 24.3 Å². The number of sulfonamides is 1. The molecule has 130 valence electrons. The van der Waals surface area contributed by atoms with E-state index >= 15 is 0 Å². The van der Waals surface area contributed by atoms with E-state index in [4.69, 9.17) is 0 Å². The molecule has 1 aliphatic heterocycles. The maximum Gasteiger partial charge on any atom is 0.573 e. The average molecular weight is 352 g/mol. The van der Waals surface area contributed by atoms with Crippen molar-refractivity contribution in [1.82, 2.24) is 9.62 Å². The van der Waals surface area contributed by atoms with Gasteiger partial charge in [0.25, 0.3) is 0 Å². The van der Waals surface area contributed by atoms with Crippen molar-refractivity contribution in [3.8, 4) is 5.75 Å². The summed E-state index contributed by atoms with van der Waals surface area (Å²) in [6.07, 6.45) is -3.39. The fraction of sp³-hybridized carbons (Fsp3) is 0.571. The van der Waals surface area contributed by atoms with Crippen molar-refractivity contribution < 1.29 is 26.3 Å². The number of hydrogen-bond acceptors (Lipinski definition) is 4. The lowest BCUT2D eigenvalue weighted by molar-refractivity contribution is -0.275. The van der Waals surface area contributed by atoms with Gasteiger partial charge >= 0.3 is 6.36 Å². The second kappa shape index (κ2) is 7.06. The van der Waals surface area contributed by atoms with Gasteiger partial charge in [-0.3, -0.25) is 0 Å². The summed E-state index contributed by atoms with van der Waals surface area (Å²) < 4.78 is 67.9. The van der Waals surface area contributed by atoms with Gasteiger partial charge in [0.15, 0.2) is 0 Å². The molecule has 0 aromatic heterocycles. The average Bonchev–Trinajstić information content (AvgIpc) is 2.46. The van der Waals surface area contributed by atoms with Crippen LogP contribution in [0.2, 0.25) is 0 Å². The van der Waals surface area contributed by atoms with Crippen LogP contribution in [-0.4, -0.2) is 45.8 Å². The number of nitrogens with one attached hydrogen (secondary N) is 1. The molecule has 0 spiro atoms. The van der Waals surface area contributed by atoms with Crippen LogP contribution in [0, 0.1) is 5.92 Å². The zero-order valence-electron chi connectivity index (χ0n) is 12.6. The minimum atomic E-state index is -4.94. The molecule has 1 unspecified atom stereocenters. The van der Waals surface area contributed by atoms with E-state index in [-0.39, 0.29) is 12.5 Å². The van der Waals surface area contributed by atoms with Crippen LogP contribution in [-0.2, 0) is 10.0 Å². The largest absolute Gasteiger partial charge is 0.573 e. The van der Waals surface area contributed by atoms with E-state index in [1.807, 2.05) is 0 Å². The topological polar surface area (TPSA) is 58.6 Å². The van der Waals surface area contributed by atoms with Crippen LogP contribution in [0.4, 0.5) is 13.2 Å². The first-order valence-electron chi connectivity index (χ1n) is 7.23. The summed E-state index contributed by atoms with van der Waals surface area (Å²) in [5, 5.41) is 3.00. The molecule has 1 aromatic carbocycles. The quantitative estimate of drug-likeness (QED) is 0.883. The lowest BCUT2D eigenvalue weighted by atomic mass is 10.00. The SMILES string of the molecule is CNCC1CCCN(S(=O)(=O)c2ccccc2OC(F)(F)F)C1. The monoisotopic (exact) mass is 352 g/mol. The van der Waals surface area contributed by atoms with Crippen LogP contribution in [0.1, 0.15) is 12.8 Å². The zero-order valence-corrected chi connectivity index (χ0v) is 13.5. The summed E-state index contributed by atoms with van der Waals surface area (Å²) in [6.45, 7) is 1.24. The van der Waals surface area contributed by atoms with Gasteiger partial charge in [-0.05, 0) is 44.5 Å². The predicted octanol–water partition coefficient (Wildman–Crippen LogP) is 2.21. The summed E-state index contributed by atoms with van der Waals surface area (Å²) in [5.74, 6) is -0.560. The van der Waals surface area contributed by atoms with E-state index in [2.05, 4.69) is 10.1 Å². The summed E-state index contributed by atoms with van der Waals surface area (Å²) in [4.78, 5) is -0.456. The predicted molar refractivity (Wildman–Crippen MR) is 78.5 cm³/mol. The minimum Gasteiger partial charge on any atom is -0.404 e. The molecule has 1 aromatic rings. The fourth-order valence-corrected chi connectivity index (χ4v) is 4.38. The molecule has 23 heavy (non-hydrogen) atoms. The van der Waals surface area contributed by atoms with Gasteiger partial charge in [0.1, 0.15) is 10.6 Å². The molecule has 1 heterocycles. The molecular weight excluding hydrogens is 333 g/mol. The molecule has 9 heteroatoms. The molecule has 0 aliphatic carbocycles. The highest BCUT2D eigenvalue weighted by Gasteiger charge is 2.36. The van der Waals surface area contributed by atoms with Gasteiger partial charge in [-0.1, -0.05) is 12.1 Å². The maximum absolute atomic E-state index is 12.7. The number of alkyl halides is 3. The number of piperidine rings is 1. The molecule has 0 amide bonds. The second-order valence-corrected chi connectivity index (χ2v) is 7.33. The van der Waals surface area contributed by atoms with Crippen molar-refractivity contribution in [3.63, 3.8) is 0 Å². The van der Waals surface area contributed by atoms with E-state index < -0.39 is 27.0 Å². The van der Waals surface area contributed by atoms with E-state index in [1.54, 1.807) is 7.05 Å². The Labute approximate surface area is 133 Å². The molecule has 0 radical (unpaired) electrons. The highest BCUT2D eigenvalue weighted by atomic mass is 32.2. The molecule has 1 aliphatic rings. The van der Waals surface area contributed by atoms with Crippen molar-refractivity contribution in [2.75, 3.05) is 26.7 Å². The van der Waals surface area contributed by atoms with E-state index in [0.717, 1.165) is 18.6 Å². The van der Waals surface area contributed by atoms with E-state index in [1.165, 1.54) is 16.4 Å². The third-order valence-corrected chi connectivity index (χ3v) is 5.57. The molecule has 1 fully saturated rings. The van der Waals surface area contributed by atoms with E-state index in [9.17, 15) is 21.6 Å². The first-order valence-corrected chi connectivity index (χ1v) is 8.67. The van der Waals surface area contributed by atoms with Crippen molar-refractivity contribution >= 4 is 10.0 Å². The second-order valence-electron chi connectivity index (χ2n) is 5.42. The molecular formula is C14H19F3N2O3S. The third-order valence-electron chi connectivity index (χ3n) is 3.67. The van der Waals surface area contributed by atoms with Gasteiger partial charge < -0.3 is 10.1 Å². The zero-order chi connectivity index (χ0) is 17.1. The lowest BCUT2D eigenvalue weighted by Gasteiger charge is -2.32. The molecule has 2 rings (SSSR count). The molecule has 1 saturated heterocycles. The number of rotatable bonds is 5. The Morgan fingerprint density at radius 3 is 2.70 bits per heavy atom. The van der Waals surface area contributed by atoms with Gasteiger partial charge in [-0.2, -0.15) is 4.31 Å². The van der Waals surface area contributed by atoms with E-state index in [0.29, 0.717) is 19.5 Å². The Morgan fingerprint density at radius 1 is 1.35 bits per heavy atom. The Morgan fingerprint density at radius 2 is 2.04 bits per heavy atom. The van der Waals surface area contributed by atoms with Crippen molar-refractivity contribution in [2.24, 2.45) is 5.92 Å². The number of hydrogen-bond donors (Lipinski definition) is 1. The molecule has 1 N–H and O–H groups in total. The van der Waals surface area contributed by atoms with Crippen LogP contribution in [0.3, 0.4) is 0 Å². The van der Waals surface area contributed by atoms with Crippen molar-refractivity contribution in [2.45, 2.75) is 24.1 Å². The van der Waals surface area contributed by atoms with Crippen LogP contribution in [0.15, 0.2) is 29.2 Å². The number of ether oxygens (including phenoxy) is 1. The highest BCUT2D eigenvalue weighted by molar-refractivity contribution is 7.89. The van der Waals surface area contributed by atoms with Crippen LogP contribution in [0.25, 0.3) is 0 Å². The summed E-state index contributed by atoms with van der Waals surface area (Å²) in [5.41, 5.74) is 0. The summed E-state index contributed by atoms with van der Waals surface area (Å²) in [6, 6.07) is 4.83. The number of halogens is 3. The van der Waals surface area contributed by atoms with Crippen molar-refractivity contribution in [1.29, 1.82) is 0 Å². The number of para-hydroxylation sites is 1. The lowest BCUT2D eigenvalue weighted by Crippen LogP contribution is -2.42. The Balaban J connectivity index is 2.29. The van der Waals surface area contributed by atoms with Crippen LogP contribution >= 0.6 is 0 Å². The number of nitrogens with zero attached hydrogens (tertiary/aromatic N) is 1. The summed E-state index contributed by atoms with van der Waals surface area (Å²) >= 11 is 0. The first kappa shape index (κ1) is 18.0. The standard InChI is InChI=1S/C14H19F3N2O3S/c1-18-9-11-5-4-8-19(10-11)23(20,21)13-7-3-2-6-12(13)22-14(15,16)17/h2-3,6-7,11,18H,4-5,8-10H2,1H3. The normalized spacial score (nSPS) is 20.4. The van der Waals surface area contributed by atoms with Gasteiger partial charge in [-0.15, -0.1) is 13.2 Å². The third kappa shape index (κ3) is 4.58. The Bertz CT molecular complexity index is 632. The molecule has 5 nitrogen and oxygen atoms in total. The van der Waals surface area contributed by atoms with Gasteiger partial charge in [0.2, 0.25) is 10.0 Å². The van der Waals surface area contributed by atoms with Crippen LogP contribution in [0.5, 0.6) is 5.75 Å². The molecule has 0 bridgehead atoms. The molecule has 1 atom stereocenters. The summed E-state index contributed by atoms with van der Waals surface area (Å²) in [7, 11) is -2.26.